The van der Waals surface area contributed by atoms with Crippen molar-refractivity contribution in [2.45, 2.75) is 6.54 Å². The number of benzene rings is 2. The molecule has 0 amide bonds. The lowest BCUT2D eigenvalue weighted by Crippen LogP contribution is -2.49. The molecule has 23 heavy (non-hydrogen) atoms. The second kappa shape index (κ2) is 8.81. The van der Waals surface area contributed by atoms with Crippen LogP contribution in [-0.4, -0.2) is 22.3 Å². The summed E-state index contributed by atoms with van der Waals surface area (Å²) in [6.45, 7) is 0.664. The maximum absolute atomic E-state index is 5.34. The number of nitrogens with one attached hydrogen (secondary N) is 3. The molecule has 0 saturated carbocycles. The highest BCUT2D eigenvalue weighted by Crippen LogP contribution is 2.15. The van der Waals surface area contributed by atoms with Gasteiger partial charge in [-0.3, -0.25) is 10.4 Å². The fourth-order valence-corrected chi connectivity index (χ4v) is 2.59. The van der Waals surface area contributed by atoms with E-state index in [1.807, 2.05) is 61.6 Å². The van der Waals surface area contributed by atoms with Gasteiger partial charge in [0.1, 0.15) is 0 Å². The van der Waals surface area contributed by atoms with E-state index in [9.17, 15) is 0 Å². The average Bonchev–Trinajstić information content (AvgIpc) is 2.53. The van der Waals surface area contributed by atoms with Crippen LogP contribution in [0.3, 0.4) is 0 Å². The van der Waals surface area contributed by atoms with Gasteiger partial charge in [-0.25, -0.2) is 0 Å². The molecule has 0 radical (unpaired) electrons. The topological polar surface area (TPSA) is 39.3 Å². The lowest BCUT2D eigenvalue weighted by molar-refractivity contribution is 0.450. The standard InChI is InChI=1S/C16H17BrN4S2/c1-21(16(23)18-11-12-6-3-2-4-7-12)20-15(22)19-14-9-5-8-13(17)10-14/h2-10H,11H2,1H3,(H,18,23)(H2,19,20,22). The predicted molar refractivity (Wildman–Crippen MR) is 107 cm³/mol. The number of rotatable bonds is 3. The van der Waals surface area contributed by atoms with Gasteiger partial charge in [-0.15, -0.1) is 0 Å². The van der Waals surface area contributed by atoms with E-state index in [1.165, 1.54) is 0 Å². The molecule has 0 saturated heterocycles. The molecule has 4 nitrogen and oxygen atoms in total. The smallest absolute Gasteiger partial charge is 0.189 e. The van der Waals surface area contributed by atoms with Gasteiger partial charge in [0.2, 0.25) is 0 Å². The zero-order chi connectivity index (χ0) is 16.7. The summed E-state index contributed by atoms with van der Waals surface area (Å²) in [4.78, 5) is 0. The third kappa shape index (κ3) is 6.13. The maximum atomic E-state index is 5.34. The van der Waals surface area contributed by atoms with Crippen molar-refractivity contribution in [3.8, 4) is 0 Å². The Balaban J connectivity index is 1.79. The van der Waals surface area contributed by atoms with Gasteiger partial charge >= 0.3 is 0 Å². The fourth-order valence-electron chi connectivity index (χ4n) is 1.82. The Kier molecular flexibility index (Phi) is 6.76. The molecule has 0 aliphatic heterocycles. The van der Waals surface area contributed by atoms with Gasteiger partial charge in [0.25, 0.3) is 0 Å². The Bertz CT molecular complexity index is 679. The van der Waals surface area contributed by atoms with Gasteiger partial charge in [-0.1, -0.05) is 52.3 Å². The predicted octanol–water partition coefficient (Wildman–Crippen LogP) is 3.66. The van der Waals surface area contributed by atoms with Crippen molar-refractivity contribution in [1.82, 2.24) is 15.8 Å². The van der Waals surface area contributed by atoms with Crippen LogP contribution in [0.5, 0.6) is 0 Å². The van der Waals surface area contributed by atoms with Crippen LogP contribution < -0.4 is 16.1 Å². The van der Waals surface area contributed by atoms with Crippen molar-refractivity contribution in [2.24, 2.45) is 0 Å². The second-order valence-electron chi connectivity index (χ2n) is 4.78. The molecular weight excluding hydrogens is 392 g/mol. The SMILES string of the molecule is CN(NC(=S)Nc1cccc(Br)c1)C(=S)NCc1ccccc1. The number of thiocarbonyl (C=S) groups is 2. The van der Waals surface area contributed by atoms with Crippen LogP contribution in [0.25, 0.3) is 0 Å². The maximum Gasteiger partial charge on any atom is 0.189 e. The van der Waals surface area contributed by atoms with Crippen LogP contribution in [0.2, 0.25) is 0 Å². The van der Waals surface area contributed by atoms with Crippen LogP contribution in [0.1, 0.15) is 5.56 Å². The summed E-state index contributed by atoms with van der Waals surface area (Å²) in [5.41, 5.74) is 5.08. The van der Waals surface area contributed by atoms with Gasteiger partial charge in [0, 0.05) is 23.8 Å². The van der Waals surface area contributed by atoms with Crippen LogP contribution in [0.15, 0.2) is 59.1 Å². The van der Waals surface area contributed by atoms with Crippen molar-refractivity contribution in [2.75, 3.05) is 12.4 Å². The number of nitrogens with zero attached hydrogens (tertiary/aromatic N) is 1. The first kappa shape index (κ1) is 17.7. The van der Waals surface area contributed by atoms with E-state index < -0.39 is 0 Å². The number of anilines is 1. The highest BCUT2D eigenvalue weighted by molar-refractivity contribution is 9.10. The molecule has 2 rings (SSSR count). The van der Waals surface area contributed by atoms with E-state index >= 15 is 0 Å². The minimum absolute atomic E-state index is 0.467. The highest BCUT2D eigenvalue weighted by atomic mass is 79.9. The fraction of sp³-hybridized carbons (Fsp3) is 0.125. The molecule has 2 aromatic rings. The molecular formula is C16H17BrN4S2. The molecule has 2 aromatic carbocycles. The number of hydrazine groups is 1. The van der Waals surface area contributed by atoms with Crippen molar-refractivity contribution >= 4 is 56.3 Å². The zero-order valence-electron chi connectivity index (χ0n) is 12.5. The minimum atomic E-state index is 0.467. The van der Waals surface area contributed by atoms with Crippen molar-refractivity contribution < 1.29 is 0 Å². The van der Waals surface area contributed by atoms with Crippen molar-refractivity contribution in [1.29, 1.82) is 0 Å². The minimum Gasteiger partial charge on any atom is -0.357 e. The molecule has 7 heteroatoms. The summed E-state index contributed by atoms with van der Waals surface area (Å²) >= 11 is 14.0. The Morgan fingerprint density at radius 2 is 1.83 bits per heavy atom. The molecule has 0 bridgehead atoms. The molecule has 0 aliphatic rings. The Morgan fingerprint density at radius 3 is 2.52 bits per heavy atom. The van der Waals surface area contributed by atoms with Crippen LogP contribution >= 0.6 is 40.4 Å². The van der Waals surface area contributed by atoms with Gasteiger partial charge in [0.15, 0.2) is 10.2 Å². The summed E-state index contributed by atoms with van der Waals surface area (Å²) in [6.07, 6.45) is 0. The molecule has 0 spiro atoms. The largest absolute Gasteiger partial charge is 0.357 e. The zero-order valence-corrected chi connectivity index (χ0v) is 15.8. The summed E-state index contributed by atoms with van der Waals surface area (Å²) in [5, 5.41) is 8.98. The summed E-state index contributed by atoms with van der Waals surface area (Å²) in [7, 11) is 1.81. The van der Waals surface area contributed by atoms with E-state index in [4.69, 9.17) is 24.4 Å². The molecule has 0 aliphatic carbocycles. The Hall–Kier alpha value is -1.70. The molecule has 3 N–H and O–H groups in total. The van der Waals surface area contributed by atoms with Crippen LogP contribution in [-0.2, 0) is 6.54 Å². The molecule has 0 atom stereocenters. The summed E-state index contributed by atoms with van der Waals surface area (Å²) in [5.74, 6) is 0. The first-order valence-electron chi connectivity index (χ1n) is 6.93. The summed E-state index contributed by atoms with van der Waals surface area (Å²) in [6, 6.07) is 17.8. The third-order valence-electron chi connectivity index (χ3n) is 2.94. The molecule has 0 aromatic heterocycles. The average molecular weight is 409 g/mol. The van der Waals surface area contributed by atoms with E-state index in [-0.39, 0.29) is 0 Å². The first-order valence-corrected chi connectivity index (χ1v) is 8.54. The molecule has 0 unspecified atom stereocenters. The Morgan fingerprint density at radius 1 is 1.09 bits per heavy atom. The lowest BCUT2D eigenvalue weighted by Gasteiger charge is -2.23. The van der Waals surface area contributed by atoms with Crippen molar-refractivity contribution in [3.05, 3.63) is 64.6 Å². The molecule has 120 valence electrons. The van der Waals surface area contributed by atoms with Gasteiger partial charge in [-0.05, 0) is 48.2 Å². The molecule has 0 fully saturated rings. The van der Waals surface area contributed by atoms with Crippen molar-refractivity contribution in [3.63, 3.8) is 0 Å². The summed E-state index contributed by atoms with van der Waals surface area (Å²) < 4.78 is 0.985. The van der Waals surface area contributed by atoms with E-state index in [1.54, 1.807) is 5.01 Å². The highest BCUT2D eigenvalue weighted by Gasteiger charge is 2.06. The van der Waals surface area contributed by atoms with Crippen LogP contribution in [0, 0.1) is 0 Å². The monoisotopic (exact) mass is 408 g/mol. The van der Waals surface area contributed by atoms with Gasteiger partial charge < -0.3 is 10.6 Å². The lowest BCUT2D eigenvalue weighted by atomic mass is 10.2. The number of hydrogen-bond acceptors (Lipinski definition) is 2. The normalized spacial score (nSPS) is 9.83. The Labute approximate surface area is 155 Å². The number of hydrogen-bond donors (Lipinski definition) is 3. The second-order valence-corrected chi connectivity index (χ2v) is 6.49. The first-order chi connectivity index (χ1) is 11.0. The van der Waals surface area contributed by atoms with Gasteiger partial charge in [-0.2, -0.15) is 0 Å². The van der Waals surface area contributed by atoms with Gasteiger partial charge in [0.05, 0.1) is 0 Å². The number of halogens is 1. The third-order valence-corrected chi connectivity index (χ3v) is 4.05. The van der Waals surface area contributed by atoms with Crippen LogP contribution in [0.4, 0.5) is 5.69 Å². The van der Waals surface area contributed by atoms with E-state index in [2.05, 4.69) is 32.0 Å². The van der Waals surface area contributed by atoms with E-state index in [0.717, 1.165) is 15.7 Å². The quantitative estimate of drug-likeness (QED) is 0.531. The van der Waals surface area contributed by atoms with E-state index in [0.29, 0.717) is 16.8 Å². The molecule has 0 heterocycles.